The second-order valence-corrected chi connectivity index (χ2v) is 8.41. The van der Waals surface area contributed by atoms with Crippen molar-refractivity contribution in [2.75, 3.05) is 6.61 Å². The number of rotatable bonds is 5. The first kappa shape index (κ1) is 18.4. The van der Waals surface area contributed by atoms with Gasteiger partial charge in [0.1, 0.15) is 23.7 Å². The maximum atomic E-state index is 14.5. The second kappa shape index (κ2) is 7.11. The summed E-state index contributed by atoms with van der Waals surface area (Å²) in [4.78, 5) is 9.38. The van der Waals surface area contributed by atoms with Crippen LogP contribution in [0.25, 0.3) is 16.8 Å². The Morgan fingerprint density at radius 1 is 1.13 bits per heavy atom. The standard InChI is InChI=1S/C24H22FN5O/c1-14-10-21(15-2-3-15)26-11-18(14)19-12-27-23(30-13-28-29-24(19)30)7-4-16-17-8-9-31-22(17)6-5-20(16)25/h5-6,10-13,15H,2-4,7-9H2,1H3. The summed E-state index contributed by atoms with van der Waals surface area (Å²) < 4.78 is 22.0. The number of benzene rings is 1. The first-order valence-corrected chi connectivity index (χ1v) is 10.8. The minimum Gasteiger partial charge on any atom is -0.493 e. The van der Waals surface area contributed by atoms with E-state index in [9.17, 15) is 4.39 Å². The second-order valence-electron chi connectivity index (χ2n) is 8.41. The summed E-state index contributed by atoms with van der Waals surface area (Å²) in [7, 11) is 0. The van der Waals surface area contributed by atoms with E-state index in [2.05, 4.69) is 28.2 Å². The minimum atomic E-state index is -0.182. The van der Waals surface area contributed by atoms with Gasteiger partial charge in [-0.1, -0.05) is 0 Å². The lowest BCUT2D eigenvalue weighted by atomic mass is 9.99. The summed E-state index contributed by atoms with van der Waals surface area (Å²) in [6.07, 6.45) is 9.79. The average molecular weight is 415 g/mol. The molecule has 0 unspecified atom stereocenters. The van der Waals surface area contributed by atoms with Crippen LogP contribution in [0.4, 0.5) is 4.39 Å². The lowest BCUT2D eigenvalue weighted by Crippen LogP contribution is -2.06. The molecular formula is C24H22FN5O. The van der Waals surface area contributed by atoms with Gasteiger partial charge in [-0.3, -0.25) is 9.38 Å². The third-order valence-electron chi connectivity index (χ3n) is 6.37. The summed E-state index contributed by atoms with van der Waals surface area (Å²) in [6, 6.07) is 5.39. The Balaban J connectivity index is 1.33. The Kier molecular flexibility index (Phi) is 4.23. The molecule has 0 amide bonds. The van der Waals surface area contributed by atoms with Crippen LogP contribution in [0.5, 0.6) is 5.75 Å². The van der Waals surface area contributed by atoms with E-state index in [4.69, 9.17) is 9.72 Å². The number of hydrogen-bond acceptors (Lipinski definition) is 5. The monoisotopic (exact) mass is 415 g/mol. The van der Waals surface area contributed by atoms with Crippen molar-refractivity contribution in [3.63, 3.8) is 0 Å². The molecule has 4 heterocycles. The number of nitrogens with zero attached hydrogens (tertiary/aromatic N) is 5. The van der Waals surface area contributed by atoms with Gasteiger partial charge in [0.25, 0.3) is 0 Å². The van der Waals surface area contributed by atoms with Crippen molar-refractivity contribution in [3.8, 4) is 16.9 Å². The van der Waals surface area contributed by atoms with Gasteiger partial charge in [0.15, 0.2) is 5.65 Å². The van der Waals surface area contributed by atoms with Crippen LogP contribution < -0.4 is 4.74 Å². The fourth-order valence-electron chi connectivity index (χ4n) is 4.53. The lowest BCUT2D eigenvalue weighted by molar-refractivity contribution is 0.356. The Morgan fingerprint density at radius 3 is 2.84 bits per heavy atom. The fourth-order valence-corrected chi connectivity index (χ4v) is 4.53. The quantitative estimate of drug-likeness (QED) is 0.488. The molecule has 3 aromatic heterocycles. The van der Waals surface area contributed by atoms with E-state index >= 15 is 0 Å². The summed E-state index contributed by atoms with van der Waals surface area (Å²) in [5.74, 6) is 2.04. The largest absolute Gasteiger partial charge is 0.493 e. The molecular weight excluding hydrogens is 393 g/mol. The van der Waals surface area contributed by atoms with Crippen LogP contribution in [0.1, 0.15) is 47.0 Å². The van der Waals surface area contributed by atoms with E-state index in [-0.39, 0.29) is 5.82 Å². The van der Waals surface area contributed by atoms with Gasteiger partial charge in [-0.2, -0.15) is 0 Å². The van der Waals surface area contributed by atoms with Gasteiger partial charge in [0.05, 0.1) is 6.61 Å². The summed E-state index contributed by atoms with van der Waals surface area (Å²) in [5.41, 5.74) is 6.71. The zero-order valence-corrected chi connectivity index (χ0v) is 17.3. The van der Waals surface area contributed by atoms with Crippen LogP contribution in [-0.2, 0) is 19.3 Å². The van der Waals surface area contributed by atoms with Crippen LogP contribution in [0.3, 0.4) is 0 Å². The Morgan fingerprint density at radius 2 is 2.00 bits per heavy atom. The molecule has 156 valence electrons. The number of aromatic nitrogens is 5. The van der Waals surface area contributed by atoms with Crippen LogP contribution in [-0.4, -0.2) is 31.2 Å². The summed E-state index contributed by atoms with van der Waals surface area (Å²) in [5, 5.41) is 8.47. The van der Waals surface area contributed by atoms with Crippen LogP contribution in [0, 0.1) is 12.7 Å². The average Bonchev–Trinajstić information content (AvgIpc) is 3.30. The van der Waals surface area contributed by atoms with Crippen LogP contribution in [0.2, 0.25) is 0 Å². The molecule has 31 heavy (non-hydrogen) atoms. The van der Waals surface area contributed by atoms with Gasteiger partial charge in [-0.15, -0.1) is 10.2 Å². The number of pyridine rings is 1. The molecule has 0 atom stereocenters. The molecule has 4 aromatic rings. The molecule has 0 radical (unpaired) electrons. The zero-order valence-electron chi connectivity index (χ0n) is 17.3. The first-order chi connectivity index (χ1) is 15.2. The topological polar surface area (TPSA) is 65.2 Å². The Bertz CT molecular complexity index is 1310. The number of halogens is 1. The first-order valence-electron chi connectivity index (χ1n) is 10.8. The van der Waals surface area contributed by atoms with E-state index in [0.29, 0.717) is 25.4 Å². The molecule has 6 nitrogen and oxygen atoms in total. The van der Waals surface area contributed by atoms with Gasteiger partial charge in [-0.25, -0.2) is 9.37 Å². The van der Waals surface area contributed by atoms with Crippen LogP contribution >= 0.6 is 0 Å². The normalized spacial score (nSPS) is 15.3. The molecule has 1 saturated carbocycles. The highest BCUT2D eigenvalue weighted by molar-refractivity contribution is 5.78. The summed E-state index contributed by atoms with van der Waals surface area (Å²) in [6.45, 7) is 2.71. The van der Waals surface area contributed by atoms with Gasteiger partial charge >= 0.3 is 0 Å². The smallest absolute Gasteiger partial charge is 0.171 e. The van der Waals surface area contributed by atoms with E-state index in [0.717, 1.165) is 45.9 Å². The fraction of sp³-hybridized carbons (Fsp3) is 0.333. The third kappa shape index (κ3) is 3.15. The molecule has 2 aliphatic rings. The van der Waals surface area contributed by atoms with E-state index in [1.54, 1.807) is 12.4 Å². The van der Waals surface area contributed by atoms with E-state index in [1.165, 1.54) is 30.2 Å². The molecule has 1 aliphatic heterocycles. The van der Waals surface area contributed by atoms with Gasteiger partial charge in [-0.05, 0) is 55.5 Å². The maximum Gasteiger partial charge on any atom is 0.171 e. The number of fused-ring (bicyclic) bond motifs is 2. The maximum absolute atomic E-state index is 14.5. The van der Waals surface area contributed by atoms with Crippen molar-refractivity contribution in [1.82, 2.24) is 24.6 Å². The highest BCUT2D eigenvalue weighted by Crippen LogP contribution is 2.40. The van der Waals surface area contributed by atoms with Crippen LogP contribution in [0.15, 0.2) is 36.9 Å². The predicted molar refractivity (Wildman–Crippen MR) is 114 cm³/mol. The number of aryl methyl sites for hydroxylation is 2. The van der Waals surface area contributed by atoms with Gasteiger partial charge in [0.2, 0.25) is 0 Å². The molecule has 1 fully saturated rings. The Hall–Kier alpha value is -3.35. The molecule has 0 spiro atoms. The zero-order chi connectivity index (χ0) is 20.9. The van der Waals surface area contributed by atoms with Crippen molar-refractivity contribution >= 4 is 5.65 Å². The highest BCUT2D eigenvalue weighted by atomic mass is 19.1. The molecule has 7 heteroatoms. The highest BCUT2D eigenvalue weighted by Gasteiger charge is 2.26. The predicted octanol–water partition coefficient (Wildman–Crippen LogP) is 4.23. The van der Waals surface area contributed by atoms with Crippen molar-refractivity contribution in [2.24, 2.45) is 0 Å². The Labute approximate surface area is 179 Å². The van der Waals surface area contributed by atoms with E-state index in [1.807, 2.05) is 16.8 Å². The molecule has 6 rings (SSSR count). The number of ether oxygens (including phenoxy) is 1. The van der Waals surface area contributed by atoms with Crippen molar-refractivity contribution in [2.45, 2.75) is 44.9 Å². The molecule has 0 N–H and O–H groups in total. The van der Waals surface area contributed by atoms with Crippen molar-refractivity contribution in [3.05, 3.63) is 70.9 Å². The number of hydrogen-bond donors (Lipinski definition) is 0. The summed E-state index contributed by atoms with van der Waals surface area (Å²) >= 11 is 0. The van der Waals surface area contributed by atoms with Gasteiger partial charge in [0, 0.05) is 53.5 Å². The molecule has 0 saturated heterocycles. The lowest BCUT2D eigenvalue weighted by Gasteiger charge is -2.12. The molecule has 1 aromatic carbocycles. The SMILES string of the molecule is Cc1cc(C2CC2)ncc1-c1cnc(CCc2c(F)ccc3c2CCO3)n2cnnc12. The third-order valence-corrected chi connectivity index (χ3v) is 6.37. The molecule has 0 bridgehead atoms. The van der Waals surface area contributed by atoms with Crippen molar-refractivity contribution in [1.29, 1.82) is 0 Å². The minimum absolute atomic E-state index is 0.182. The van der Waals surface area contributed by atoms with Crippen molar-refractivity contribution < 1.29 is 9.13 Å². The van der Waals surface area contributed by atoms with E-state index < -0.39 is 0 Å². The molecule has 1 aliphatic carbocycles. The van der Waals surface area contributed by atoms with Gasteiger partial charge < -0.3 is 4.74 Å².